The first kappa shape index (κ1) is 26.1. The highest BCUT2D eigenvalue weighted by molar-refractivity contribution is 5.89. The van der Waals surface area contributed by atoms with Crippen molar-refractivity contribution in [2.75, 3.05) is 19.8 Å². The van der Waals surface area contributed by atoms with Gasteiger partial charge < -0.3 is 15.0 Å². The Labute approximate surface area is 205 Å². The van der Waals surface area contributed by atoms with Crippen molar-refractivity contribution in [1.82, 2.24) is 10.2 Å². The molecule has 1 unspecified atom stereocenters. The van der Waals surface area contributed by atoms with Gasteiger partial charge in [0.25, 0.3) is 0 Å². The average Bonchev–Trinajstić information content (AvgIpc) is 3.27. The van der Waals surface area contributed by atoms with E-state index < -0.39 is 23.1 Å². The zero-order valence-corrected chi connectivity index (χ0v) is 20.9. The molecule has 1 saturated carbocycles. The standard InChI is InChI=1S/C27H37F3N2O3/c1-4-24(33)23-16-32(15-18-13-19(27(28,29)30)5-6-22(18)23)25(34)26(17(2)3)10-7-21(14-26)31-20-8-11-35-12-9-20/h5-6,13,17,20-21,23,31H,4,7-12,14-16H2,1-3H3/t21-,23?,26+/m1/s1. The summed E-state index contributed by atoms with van der Waals surface area (Å²) < 4.78 is 45.7. The fraction of sp³-hybridized carbons (Fsp3) is 0.704. The zero-order valence-electron chi connectivity index (χ0n) is 20.9. The third kappa shape index (κ3) is 5.29. The van der Waals surface area contributed by atoms with Crippen LogP contribution in [-0.4, -0.2) is 48.4 Å². The summed E-state index contributed by atoms with van der Waals surface area (Å²) in [7, 11) is 0. The van der Waals surface area contributed by atoms with Crippen LogP contribution in [0.4, 0.5) is 13.2 Å². The Balaban J connectivity index is 1.59. The highest BCUT2D eigenvalue weighted by Crippen LogP contribution is 2.47. The lowest BCUT2D eigenvalue weighted by atomic mass is 9.73. The monoisotopic (exact) mass is 494 g/mol. The summed E-state index contributed by atoms with van der Waals surface area (Å²) in [6.07, 6.45) is 0.0662. The zero-order chi connectivity index (χ0) is 25.4. The summed E-state index contributed by atoms with van der Waals surface area (Å²) in [5, 5.41) is 3.73. The molecule has 2 heterocycles. The van der Waals surface area contributed by atoms with E-state index in [1.165, 1.54) is 6.07 Å². The predicted molar refractivity (Wildman–Crippen MR) is 127 cm³/mol. The second-order valence-electron chi connectivity index (χ2n) is 10.8. The second-order valence-corrected chi connectivity index (χ2v) is 10.8. The second kappa shape index (κ2) is 10.2. The summed E-state index contributed by atoms with van der Waals surface area (Å²) in [5.41, 5.74) is -0.270. The molecule has 3 aliphatic rings. The maximum atomic E-state index is 14.1. The van der Waals surface area contributed by atoms with Crippen LogP contribution in [0.25, 0.3) is 0 Å². The molecule has 1 amide bonds. The lowest BCUT2D eigenvalue weighted by Gasteiger charge is -2.42. The molecule has 5 nitrogen and oxygen atoms in total. The normalized spacial score (nSPS) is 27.8. The SMILES string of the molecule is CCC(=O)C1CN(C(=O)[C@@]2(C(C)C)CC[C@@H](NC3CCOCC3)C2)Cc2cc(C(F)(F)F)ccc21. The van der Waals surface area contributed by atoms with Crippen molar-refractivity contribution >= 4 is 11.7 Å². The lowest BCUT2D eigenvalue weighted by molar-refractivity contribution is -0.146. The molecule has 4 rings (SSSR count). The molecule has 1 N–H and O–H groups in total. The largest absolute Gasteiger partial charge is 0.416 e. The number of fused-ring (bicyclic) bond motifs is 1. The molecular weight excluding hydrogens is 457 g/mol. The molecule has 1 saturated heterocycles. The molecule has 35 heavy (non-hydrogen) atoms. The van der Waals surface area contributed by atoms with E-state index in [0.717, 1.165) is 51.0 Å². The number of ketones is 1. The first-order valence-corrected chi connectivity index (χ1v) is 12.9. The number of Topliss-reactive ketones (excluding diaryl/α,β-unsaturated/α-hetero) is 1. The van der Waals surface area contributed by atoms with E-state index in [4.69, 9.17) is 4.74 Å². The van der Waals surface area contributed by atoms with Crippen LogP contribution >= 0.6 is 0 Å². The van der Waals surface area contributed by atoms with Gasteiger partial charge in [0.1, 0.15) is 5.78 Å². The van der Waals surface area contributed by atoms with Crippen molar-refractivity contribution in [3.63, 3.8) is 0 Å². The molecule has 194 valence electrons. The van der Waals surface area contributed by atoms with Crippen molar-refractivity contribution in [3.8, 4) is 0 Å². The number of alkyl halides is 3. The molecule has 0 bridgehead atoms. The van der Waals surface area contributed by atoms with Crippen molar-refractivity contribution < 1.29 is 27.5 Å². The molecule has 1 aromatic rings. The van der Waals surface area contributed by atoms with Gasteiger partial charge in [-0.3, -0.25) is 9.59 Å². The van der Waals surface area contributed by atoms with Gasteiger partial charge in [-0.2, -0.15) is 13.2 Å². The minimum absolute atomic E-state index is 0.0271. The van der Waals surface area contributed by atoms with Gasteiger partial charge in [0.2, 0.25) is 5.91 Å². The van der Waals surface area contributed by atoms with Crippen LogP contribution in [0.15, 0.2) is 18.2 Å². The molecule has 2 fully saturated rings. The number of carbonyl (C=O) groups is 2. The van der Waals surface area contributed by atoms with Crippen LogP contribution in [-0.2, 0) is 27.0 Å². The number of amides is 1. The van der Waals surface area contributed by atoms with Crippen LogP contribution in [0.3, 0.4) is 0 Å². The van der Waals surface area contributed by atoms with Crippen molar-refractivity contribution in [2.24, 2.45) is 11.3 Å². The number of rotatable bonds is 6. The fourth-order valence-corrected chi connectivity index (χ4v) is 6.22. The Morgan fingerprint density at radius 3 is 2.51 bits per heavy atom. The van der Waals surface area contributed by atoms with E-state index in [1.54, 1.807) is 11.8 Å². The van der Waals surface area contributed by atoms with Crippen molar-refractivity contribution in [3.05, 3.63) is 34.9 Å². The Hall–Kier alpha value is -1.93. The molecule has 0 aromatic heterocycles. The lowest BCUT2D eigenvalue weighted by Crippen LogP contribution is -2.50. The Kier molecular flexibility index (Phi) is 7.62. The molecule has 0 radical (unpaired) electrons. The number of nitrogens with zero attached hydrogens (tertiary/aromatic N) is 1. The van der Waals surface area contributed by atoms with Crippen LogP contribution < -0.4 is 5.32 Å². The van der Waals surface area contributed by atoms with Crippen molar-refractivity contribution in [2.45, 2.75) is 90.0 Å². The molecule has 2 aliphatic heterocycles. The number of nitrogens with one attached hydrogen (secondary N) is 1. The van der Waals surface area contributed by atoms with Crippen LogP contribution in [0.1, 0.15) is 81.9 Å². The molecule has 0 spiro atoms. The number of ether oxygens (including phenoxy) is 1. The quantitative estimate of drug-likeness (QED) is 0.600. The van der Waals surface area contributed by atoms with E-state index in [0.29, 0.717) is 23.6 Å². The third-order valence-electron chi connectivity index (χ3n) is 8.41. The summed E-state index contributed by atoms with van der Waals surface area (Å²) in [6, 6.07) is 4.22. The van der Waals surface area contributed by atoms with Gasteiger partial charge in [0.15, 0.2) is 0 Å². The van der Waals surface area contributed by atoms with Crippen LogP contribution in [0.5, 0.6) is 0 Å². The van der Waals surface area contributed by atoms with E-state index in [1.807, 2.05) is 0 Å². The molecule has 1 aliphatic carbocycles. The topological polar surface area (TPSA) is 58.6 Å². The predicted octanol–water partition coefficient (Wildman–Crippen LogP) is 5.07. The van der Waals surface area contributed by atoms with E-state index >= 15 is 0 Å². The van der Waals surface area contributed by atoms with Gasteiger partial charge in [0, 0.05) is 44.8 Å². The highest BCUT2D eigenvalue weighted by atomic mass is 19.4. The maximum Gasteiger partial charge on any atom is 0.416 e. The summed E-state index contributed by atoms with van der Waals surface area (Å²) in [6.45, 7) is 7.71. The van der Waals surface area contributed by atoms with Gasteiger partial charge in [-0.05, 0) is 61.3 Å². The molecular formula is C27H37F3N2O3. The van der Waals surface area contributed by atoms with Gasteiger partial charge in [-0.25, -0.2) is 0 Å². The smallest absolute Gasteiger partial charge is 0.381 e. The van der Waals surface area contributed by atoms with E-state index in [-0.39, 0.29) is 43.2 Å². The molecule has 1 aromatic carbocycles. The molecule has 8 heteroatoms. The fourth-order valence-electron chi connectivity index (χ4n) is 6.22. The number of hydrogen-bond donors (Lipinski definition) is 1. The first-order chi connectivity index (χ1) is 16.5. The van der Waals surface area contributed by atoms with E-state index in [2.05, 4.69) is 19.2 Å². The number of hydrogen-bond acceptors (Lipinski definition) is 4. The Bertz CT molecular complexity index is 942. The number of halogens is 3. The van der Waals surface area contributed by atoms with Gasteiger partial charge in [-0.15, -0.1) is 0 Å². The highest BCUT2D eigenvalue weighted by Gasteiger charge is 2.50. The molecule has 3 atom stereocenters. The minimum Gasteiger partial charge on any atom is -0.381 e. The number of benzene rings is 1. The minimum atomic E-state index is -4.47. The van der Waals surface area contributed by atoms with Gasteiger partial charge in [0.05, 0.1) is 16.9 Å². The first-order valence-electron chi connectivity index (χ1n) is 12.9. The average molecular weight is 495 g/mol. The van der Waals surface area contributed by atoms with Crippen LogP contribution in [0, 0.1) is 11.3 Å². The Morgan fingerprint density at radius 2 is 1.89 bits per heavy atom. The van der Waals surface area contributed by atoms with Crippen molar-refractivity contribution in [1.29, 1.82) is 0 Å². The summed E-state index contributed by atoms with van der Waals surface area (Å²) >= 11 is 0. The Morgan fingerprint density at radius 1 is 1.17 bits per heavy atom. The summed E-state index contributed by atoms with van der Waals surface area (Å²) in [5.74, 6) is -0.579. The third-order valence-corrected chi connectivity index (χ3v) is 8.41. The van der Waals surface area contributed by atoms with Gasteiger partial charge in [-0.1, -0.05) is 26.8 Å². The number of carbonyl (C=O) groups excluding carboxylic acids is 2. The maximum absolute atomic E-state index is 14.1. The van der Waals surface area contributed by atoms with Gasteiger partial charge >= 0.3 is 6.18 Å². The summed E-state index contributed by atoms with van der Waals surface area (Å²) in [4.78, 5) is 28.6. The van der Waals surface area contributed by atoms with E-state index in [9.17, 15) is 22.8 Å². The van der Waals surface area contributed by atoms with Crippen LogP contribution in [0.2, 0.25) is 0 Å².